The van der Waals surface area contributed by atoms with Gasteiger partial charge < -0.3 is 14.4 Å². The van der Waals surface area contributed by atoms with E-state index in [2.05, 4.69) is 62.6 Å². The number of hydrogen-bond donors (Lipinski definition) is 1. The van der Waals surface area contributed by atoms with Crippen LogP contribution in [0.1, 0.15) is 40.9 Å². The maximum Gasteiger partial charge on any atom is 0.122 e. The smallest absolute Gasteiger partial charge is 0.122 e. The Morgan fingerprint density at radius 3 is 2.48 bits per heavy atom. The van der Waals surface area contributed by atoms with Gasteiger partial charge in [-0.15, -0.1) is 0 Å². The molecule has 0 aliphatic carbocycles. The number of ether oxygens (including phenoxy) is 1. The predicted octanol–water partition coefficient (Wildman–Crippen LogP) is 4.66. The molecule has 0 radical (unpaired) electrons. The molecule has 3 rings (SSSR count). The van der Waals surface area contributed by atoms with Gasteiger partial charge in [0.05, 0.1) is 24.2 Å². The minimum Gasteiger partial charge on any atom is -0.493 e. The van der Waals surface area contributed by atoms with Crippen molar-refractivity contribution in [2.24, 2.45) is 0 Å². The van der Waals surface area contributed by atoms with Gasteiger partial charge in [0.25, 0.3) is 0 Å². The van der Waals surface area contributed by atoms with Crippen molar-refractivity contribution in [3.05, 3.63) is 58.4 Å². The first kappa shape index (κ1) is 19.4. The molecule has 1 aromatic heterocycles. The van der Waals surface area contributed by atoms with Crippen LogP contribution >= 0.6 is 0 Å². The maximum absolute atomic E-state index is 9.39. The Morgan fingerprint density at radius 2 is 1.74 bits per heavy atom. The van der Waals surface area contributed by atoms with Crippen LogP contribution in [0.4, 0.5) is 0 Å². The summed E-state index contributed by atoms with van der Waals surface area (Å²) in [7, 11) is 0. The van der Waals surface area contributed by atoms with Crippen LogP contribution in [-0.4, -0.2) is 27.9 Å². The third kappa shape index (κ3) is 4.51. The Kier molecular flexibility index (Phi) is 6.17. The van der Waals surface area contributed by atoms with Crippen LogP contribution in [-0.2, 0) is 13.0 Å². The number of benzene rings is 2. The second-order valence-electron chi connectivity index (χ2n) is 7.40. The number of imidazole rings is 1. The molecule has 27 heavy (non-hydrogen) atoms. The van der Waals surface area contributed by atoms with Crippen molar-refractivity contribution in [3.63, 3.8) is 0 Å². The fourth-order valence-corrected chi connectivity index (χ4v) is 3.49. The van der Waals surface area contributed by atoms with Gasteiger partial charge in [-0.1, -0.05) is 17.7 Å². The van der Waals surface area contributed by atoms with E-state index in [9.17, 15) is 5.11 Å². The lowest BCUT2D eigenvalue weighted by Gasteiger charge is -2.11. The SMILES string of the molecule is Cc1ccc(OCCCCn2c(CCO)nc3cc(C)c(C)cc32)c(C)c1. The summed E-state index contributed by atoms with van der Waals surface area (Å²) in [6.45, 7) is 10.2. The summed E-state index contributed by atoms with van der Waals surface area (Å²) in [6.07, 6.45) is 2.59. The van der Waals surface area contributed by atoms with Crippen LogP contribution in [0.5, 0.6) is 5.75 Å². The number of unbranched alkanes of at least 4 members (excludes halogenated alkanes) is 1. The minimum absolute atomic E-state index is 0.122. The minimum atomic E-state index is 0.122. The fourth-order valence-electron chi connectivity index (χ4n) is 3.49. The third-order valence-electron chi connectivity index (χ3n) is 5.14. The molecule has 3 aromatic rings. The zero-order valence-electron chi connectivity index (χ0n) is 16.9. The van der Waals surface area contributed by atoms with Crippen molar-refractivity contribution < 1.29 is 9.84 Å². The zero-order chi connectivity index (χ0) is 19.4. The number of aliphatic hydroxyl groups excluding tert-OH is 1. The van der Waals surface area contributed by atoms with Gasteiger partial charge in [0, 0.05) is 13.0 Å². The molecule has 0 saturated heterocycles. The number of rotatable bonds is 8. The molecule has 0 aliphatic heterocycles. The van der Waals surface area contributed by atoms with Crippen molar-refractivity contribution in [2.75, 3.05) is 13.2 Å². The summed E-state index contributed by atoms with van der Waals surface area (Å²) in [4.78, 5) is 4.74. The lowest BCUT2D eigenvalue weighted by atomic mass is 10.1. The molecule has 0 atom stereocenters. The summed E-state index contributed by atoms with van der Waals surface area (Å²) < 4.78 is 8.21. The van der Waals surface area contributed by atoms with Crippen molar-refractivity contribution in [1.29, 1.82) is 0 Å². The van der Waals surface area contributed by atoms with Gasteiger partial charge >= 0.3 is 0 Å². The fraction of sp³-hybridized carbons (Fsp3) is 0.435. The average molecular weight is 367 g/mol. The van der Waals surface area contributed by atoms with Gasteiger partial charge in [-0.25, -0.2) is 4.98 Å². The molecule has 0 fully saturated rings. The van der Waals surface area contributed by atoms with E-state index in [1.807, 2.05) is 0 Å². The summed E-state index contributed by atoms with van der Waals surface area (Å²) in [5, 5.41) is 9.39. The van der Waals surface area contributed by atoms with E-state index >= 15 is 0 Å². The van der Waals surface area contributed by atoms with E-state index in [4.69, 9.17) is 9.72 Å². The van der Waals surface area contributed by atoms with E-state index in [-0.39, 0.29) is 6.61 Å². The van der Waals surface area contributed by atoms with Gasteiger partial charge in [-0.3, -0.25) is 0 Å². The Morgan fingerprint density at radius 1 is 0.963 bits per heavy atom. The first-order chi connectivity index (χ1) is 13.0. The molecule has 0 aliphatic rings. The van der Waals surface area contributed by atoms with Crippen LogP contribution in [0.15, 0.2) is 30.3 Å². The van der Waals surface area contributed by atoms with Crippen molar-refractivity contribution >= 4 is 11.0 Å². The van der Waals surface area contributed by atoms with Gasteiger partial charge in [0.15, 0.2) is 0 Å². The van der Waals surface area contributed by atoms with Crippen LogP contribution in [0.2, 0.25) is 0 Å². The lowest BCUT2D eigenvalue weighted by Crippen LogP contribution is -2.08. The van der Waals surface area contributed by atoms with E-state index in [1.54, 1.807) is 0 Å². The van der Waals surface area contributed by atoms with Crippen LogP contribution < -0.4 is 4.74 Å². The van der Waals surface area contributed by atoms with E-state index in [0.29, 0.717) is 13.0 Å². The zero-order valence-corrected chi connectivity index (χ0v) is 16.9. The first-order valence-electron chi connectivity index (χ1n) is 9.77. The monoisotopic (exact) mass is 366 g/mol. The highest BCUT2D eigenvalue weighted by Gasteiger charge is 2.11. The Balaban J connectivity index is 1.64. The summed E-state index contributed by atoms with van der Waals surface area (Å²) >= 11 is 0. The molecule has 0 unspecified atom stereocenters. The summed E-state index contributed by atoms with van der Waals surface area (Å²) in [5.41, 5.74) is 7.16. The van der Waals surface area contributed by atoms with E-state index in [1.165, 1.54) is 22.3 Å². The van der Waals surface area contributed by atoms with Crippen molar-refractivity contribution in [3.8, 4) is 5.75 Å². The normalized spacial score (nSPS) is 11.3. The molecule has 0 bridgehead atoms. The Labute approximate surface area is 161 Å². The average Bonchev–Trinajstić information content (AvgIpc) is 2.93. The quantitative estimate of drug-likeness (QED) is 0.590. The highest BCUT2D eigenvalue weighted by Crippen LogP contribution is 2.22. The van der Waals surface area contributed by atoms with Crippen LogP contribution in [0.3, 0.4) is 0 Å². The molecule has 4 nitrogen and oxygen atoms in total. The predicted molar refractivity (Wildman–Crippen MR) is 111 cm³/mol. The Bertz CT molecular complexity index is 928. The number of aromatic nitrogens is 2. The topological polar surface area (TPSA) is 47.3 Å². The van der Waals surface area contributed by atoms with Gasteiger partial charge in [0.2, 0.25) is 0 Å². The highest BCUT2D eigenvalue weighted by atomic mass is 16.5. The Hall–Kier alpha value is -2.33. The van der Waals surface area contributed by atoms with Gasteiger partial charge in [0.1, 0.15) is 11.6 Å². The van der Waals surface area contributed by atoms with Crippen LogP contribution in [0.25, 0.3) is 11.0 Å². The molecule has 0 amide bonds. The number of fused-ring (bicyclic) bond motifs is 1. The molecule has 0 saturated carbocycles. The molecule has 2 aromatic carbocycles. The van der Waals surface area contributed by atoms with Crippen LogP contribution in [0, 0.1) is 27.7 Å². The van der Waals surface area contributed by atoms with Gasteiger partial charge in [-0.2, -0.15) is 0 Å². The molecular weight excluding hydrogens is 336 g/mol. The number of aryl methyl sites for hydroxylation is 5. The third-order valence-corrected chi connectivity index (χ3v) is 5.14. The van der Waals surface area contributed by atoms with E-state index in [0.717, 1.165) is 42.0 Å². The summed E-state index contributed by atoms with van der Waals surface area (Å²) in [6, 6.07) is 10.7. The molecule has 1 N–H and O–H groups in total. The molecule has 144 valence electrons. The summed E-state index contributed by atoms with van der Waals surface area (Å²) in [5.74, 6) is 1.94. The first-order valence-corrected chi connectivity index (χ1v) is 9.77. The second-order valence-corrected chi connectivity index (χ2v) is 7.40. The molecule has 1 heterocycles. The number of nitrogens with zero attached hydrogens (tertiary/aromatic N) is 2. The maximum atomic E-state index is 9.39. The molecular formula is C23H30N2O2. The molecule has 4 heteroatoms. The van der Waals surface area contributed by atoms with Crippen molar-refractivity contribution in [1.82, 2.24) is 9.55 Å². The number of hydrogen-bond acceptors (Lipinski definition) is 3. The van der Waals surface area contributed by atoms with Gasteiger partial charge in [-0.05, 0) is 75.4 Å². The second kappa shape index (κ2) is 8.57. The molecule has 0 spiro atoms. The lowest BCUT2D eigenvalue weighted by molar-refractivity contribution is 0.291. The standard InChI is InChI=1S/C23H30N2O2/c1-16-7-8-22(19(4)13-16)27-12-6-5-10-25-21-15-18(3)17(2)14-20(21)24-23(25)9-11-26/h7-8,13-15,26H,5-6,9-12H2,1-4H3. The van der Waals surface area contributed by atoms with E-state index < -0.39 is 0 Å². The highest BCUT2D eigenvalue weighted by molar-refractivity contribution is 5.78. The largest absolute Gasteiger partial charge is 0.493 e. The number of aliphatic hydroxyl groups is 1. The van der Waals surface area contributed by atoms with Crippen molar-refractivity contribution in [2.45, 2.75) is 53.5 Å².